The van der Waals surface area contributed by atoms with Gasteiger partial charge in [-0.15, -0.1) is 0 Å². The van der Waals surface area contributed by atoms with E-state index >= 15 is 0 Å². The molecule has 0 atom stereocenters. The van der Waals surface area contributed by atoms with Gasteiger partial charge in [0.05, 0.1) is 7.11 Å². The number of fused-ring (bicyclic) bond motifs is 1. The van der Waals surface area contributed by atoms with Crippen molar-refractivity contribution in [3.63, 3.8) is 0 Å². The van der Waals surface area contributed by atoms with Crippen LogP contribution in [0.2, 0.25) is 0 Å². The first-order valence-corrected chi connectivity index (χ1v) is 8.45. The van der Waals surface area contributed by atoms with Gasteiger partial charge in [0.2, 0.25) is 0 Å². The Labute approximate surface area is 132 Å². The Morgan fingerprint density at radius 2 is 2.14 bits per heavy atom. The van der Waals surface area contributed by atoms with Gasteiger partial charge in [-0.1, -0.05) is 31.7 Å². The molecule has 4 heteroatoms. The molecule has 22 heavy (non-hydrogen) atoms. The topological polar surface area (TPSA) is 41.6 Å². The van der Waals surface area contributed by atoms with Crippen molar-refractivity contribution in [1.29, 1.82) is 0 Å². The predicted octanol–water partition coefficient (Wildman–Crippen LogP) is 3.34. The third kappa shape index (κ3) is 3.54. The zero-order chi connectivity index (χ0) is 15.4. The van der Waals surface area contributed by atoms with Gasteiger partial charge in [0.25, 0.3) is 0 Å². The number of nitrogens with zero attached hydrogens (tertiary/aromatic N) is 1. The highest BCUT2D eigenvalue weighted by Gasteiger charge is 2.21. The monoisotopic (exact) mass is 302 g/mol. The van der Waals surface area contributed by atoms with Crippen LogP contribution in [0, 0.1) is 5.92 Å². The average Bonchev–Trinajstić information content (AvgIpc) is 3.07. The van der Waals surface area contributed by atoms with E-state index in [1.165, 1.54) is 36.8 Å². The fraction of sp³-hybridized carbons (Fsp3) is 0.611. The number of hydrogen-bond acceptors (Lipinski definition) is 2. The van der Waals surface area contributed by atoms with Gasteiger partial charge in [-0.3, -0.25) is 0 Å². The number of nitrogens with one attached hydrogen (secondary N) is 1. The van der Waals surface area contributed by atoms with E-state index in [1.807, 2.05) is 17.0 Å². The lowest BCUT2D eigenvalue weighted by Gasteiger charge is -2.29. The van der Waals surface area contributed by atoms with Crippen LogP contribution < -0.4 is 10.1 Å². The highest BCUT2D eigenvalue weighted by Crippen LogP contribution is 2.27. The van der Waals surface area contributed by atoms with Crippen LogP contribution in [-0.4, -0.2) is 31.1 Å². The van der Waals surface area contributed by atoms with E-state index in [-0.39, 0.29) is 6.03 Å². The summed E-state index contributed by atoms with van der Waals surface area (Å²) in [4.78, 5) is 14.2. The number of benzene rings is 1. The van der Waals surface area contributed by atoms with Gasteiger partial charge in [-0.25, -0.2) is 4.79 Å². The lowest BCUT2D eigenvalue weighted by molar-refractivity contribution is 0.191. The van der Waals surface area contributed by atoms with Crippen LogP contribution >= 0.6 is 0 Å². The molecule has 0 unspecified atom stereocenters. The van der Waals surface area contributed by atoms with Crippen molar-refractivity contribution in [2.24, 2.45) is 5.92 Å². The number of hydrogen-bond donors (Lipinski definition) is 1. The number of urea groups is 1. The minimum Gasteiger partial charge on any atom is -0.497 e. The number of amides is 2. The molecule has 0 radical (unpaired) electrons. The van der Waals surface area contributed by atoms with Crippen LogP contribution in [0.4, 0.5) is 4.79 Å². The Morgan fingerprint density at radius 1 is 1.32 bits per heavy atom. The van der Waals surface area contributed by atoms with E-state index in [1.54, 1.807) is 7.11 Å². The number of carbonyl (C=O) groups excluding carboxylic acids is 1. The Kier molecular flexibility index (Phi) is 4.86. The predicted molar refractivity (Wildman–Crippen MR) is 87.1 cm³/mol. The first kappa shape index (κ1) is 15.2. The second-order valence-electron chi connectivity index (χ2n) is 6.48. The molecule has 1 aliphatic heterocycles. The maximum atomic E-state index is 12.3. The van der Waals surface area contributed by atoms with Crippen LogP contribution in [0.15, 0.2) is 18.2 Å². The molecule has 0 aromatic heterocycles. The van der Waals surface area contributed by atoms with Crippen molar-refractivity contribution >= 4 is 6.03 Å². The summed E-state index contributed by atoms with van der Waals surface area (Å²) in [6, 6.07) is 6.24. The van der Waals surface area contributed by atoms with Crippen molar-refractivity contribution in [2.45, 2.75) is 45.1 Å². The lowest BCUT2D eigenvalue weighted by atomic mass is 10.00. The molecule has 1 aliphatic carbocycles. The molecule has 1 aromatic carbocycles. The second kappa shape index (κ2) is 7.03. The number of carbonyl (C=O) groups is 1. The molecule has 0 saturated heterocycles. The Balaban J connectivity index is 1.50. The third-order valence-electron chi connectivity index (χ3n) is 5.02. The van der Waals surface area contributed by atoms with E-state index < -0.39 is 0 Å². The van der Waals surface area contributed by atoms with Gasteiger partial charge in [0.15, 0.2) is 0 Å². The maximum absolute atomic E-state index is 12.3. The van der Waals surface area contributed by atoms with Gasteiger partial charge in [-0.05, 0) is 42.0 Å². The quantitative estimate of drug-likeness (QED) is 0.927. The second-order valence-corrected chi connectivity index (χ2v) is 6.48. The summed E-state index contributed by atoms with van der Waals surface area (Å²) in [7, 11) is 1.68. The van der Waals surface area contributed by atoms with Crippen LogP contribution in [0.5, 0.6) is 5.75 Å². The average molecular weight is 302 g/mol. The molecule has 1 aromatic rings. The zero-order valence-corrected chi connectivity index (χ0v) is 13.4. The van der Waals surface area contributed by atoms with Crippen LogP contribution in [0.3, 0.4) is 0 Å². The first-order chi connectivity index (χ1) is 10.8. The van der Waals surface area contributed by atoms with E-state index in [4.69, 9.17) is 4.74 Å². The van der Waals surface area contributed by atoms with Crippen molar-refractivity contribution in [3.05, 3.63) is 29.3 Å². The molecule has 0 spiro atoms. The molecule has 4 nitrogen and oxygen atoms in total. The minimum absolute atomic E-state index is 0.0754. The number of rotatable bonds is 4. The van der Waals surface area contributed by atoms with Gasteiger partial charge >= 0.3 is 6.03 Å². The van der Waals surface area contributed by atoms with Crippen LogP contribution in [0.1, 0.15) is 43.2 Å². The maximum Gasteiger partial charge on any atom is 0.317 e. The zero-order valence-electron chi connectivity index (χ0n) is 13.4. The Morgan fingerprint density at radius 3 is 2.91 bits per heavy atom. The summed E-state index contributed by atoms with van der Waals surface area (Å²) in [5.74, 6) is 1.69. The molecule has 1 heterocycles. The molecule has 120 valence electrons. The summed E-state index contributed by atoms with van der Waals surface area (Å²) in [5.41, 5.74) is 2.53. The van der Waals surface area contributed by atoms with E-state index in [0.29, 0.717) is 6.54 Å². The molecular weight excluding hydrogens is 276 g/mol. The molecule has 1 fully saturated rings. The standard InChI is InChI=1S/C18H26N2O2/c1-22-17-7-6-15-9-11-20(13-16(15)12-17)18(21)19-10-8-14-4-2-3-5-14/h6-7,12,14H,2-5,8-11,13H2,1H3,(H,19,21). The van der Waals surface area contributed by atoms with E-state index in [2.05, 4.69) is 11.4 Å². The molecule has 1 saturated carbocycles. The highest BCUT2D eigenvalue weighted by molar-refractivity contribution is 5.74. The summed E-state index contributed by atoms with van der Waals surface area (Å²) in [5, 5.41) is 3.09. The van der Waals surface area contributed by atoms with Gasteiger partial charge in [-0.2, -0.15) is 0 Å². The Hall–Kier alpha value is -1.71. The number of ether oxygens (including phenoxy) is 1. The SMILES string of the molecule is COc1ccc2c(c1)CN(C(=O)NCCC1CCCC1)CC2. The molecule has 0 bridgehead atoms. The molecule has 1 N–H and O–H groups in total. The Bertz CT molecular complexity index is 524. The highest BCUT2D eigenvalue weighted by atomic mass is 16.5. The number of methoxy groups -OCH3 is 1. The lowest BCUT2D eigenvalue weighted by Crippen LogP contribution is -2.43. The van der Waals surface area contributed by atoms with Gasteiger partial charge in [0.1, 0.15) is 5.75 Å². The largest absolute Gasteiger partial charge is 0.497 e. The first-order valence-electron chi connectivity index (χ1n) is 8.45. The molecular formula is C18H26N2O2. The summed E-state index contributed by atoms with van der Waals surface area (Å²) < 4.78 is 5.28. The van der Waals surface area contributed by atoms with E-state index in [9.17, 15) is 4.79 Å². The summed E-state index contributed by atoms with van der Waals surface area (Å²) >= 11 is 0. The van der Waals surface area contributed by atoms with Crippen molar-refractivity contribution in [2.75, 3.05) is 20.2 Å². The minimum atomic E-state index is 0.0754. The normalized spacial score (nSPS) is 18.1. The summed E-state index contributed by atoms with van der Waals surface area (Å²) in [6.45, 7) is 2.29. The summed E-state index contributed by atoms with van der Waals surface area (Å²) in [6.07, 6.45) is 7.46. The van der Waals surface area contributed by atoms with Crippen molar-refractivity contribution in [3.8, 4) is 5.75 Å². The molecule has 2 amide bonds. The van der Waals surface area contributed by atoms with Gasteiger partial charge in [0, 0.05) is 19.6 Å². The van der Waals surface area contributed by atoms with Gasteiger partial charge < -0.3 is 15.0 Å². The van der Waals surface area contributed by atoms with Crippen LogP contribution in [0.25, 0.3) is 0 Å². The fourth-order valence-electron chi connectivity index (χ4n) is 3.63. The molecule has 3 rings (SSSR count). The third-order valence-corrected chi connectivity index (χ3v) is 5.02. The molecule has 2 aliphatic rings. The van der Waals surface area contributed by atoms with Crippen LogP contribution in [-0.2, 0) is 13.0 Å². The van der Waals surface area contributed by atoms with Crippen molar-refractivity contribution < 1.29 is 9.53 Å². The van der Waals surface area contributed by atoms with Crippen molar-refractivity contribution in [1.82, 2.24) is 10.2 Å². The van der Waals surface area contributed by atoms with E-state index in [0.717, 1.165) is 37.6 Å². The fourth-order valence-corrected chi connectivity index (χ4v) is 3.63. The smallest absolute Gasteiger partial charge is 0.317 e.